The molecule has 0 bridgehead atoms. The predicted octanol–water partition coefficient (Wildman–Crippen LogP) is 4.10. The molecule has 0 aliphatic rings. The van der Waals surface area contributed by atoms with E-state index in [1.165, 1.54) is 12.1 Å². The molecule has 0 spiro atoms. The van der Waals surface area contributed by atoms with E-state index in [0.717, 1.165) is 17.7 Å². The van der Waals surface area contributed by atoms with Crippen molar-refractivity contribution in [2.75, 3.05) is 0 Å². The Kier molecular flexibility index (Phi) is 4.35. The van der Waals surface area contributed by atoms with Crippen LogP contribution in [0.2, 0.25) is 0 Å². The molecule has 0 fully saturated rings. The van der Waals surface area contributed by atoms with Crippen LogP contribution in [0.1, 0.15) is 28.4 Å². The highest BCUT2D eigenvalue weighted by atomic mass is 19.4. The Labute approximate surface area is 121 Å². The highest BCUT2D eigenvalue weighted by Crippen LogP contribution is 2.29. The number of aryl methyl sites for hydroxylation is 1. The molecule has 0 aliphatic heterocycles. The van der Waals surface area contributed by atoms with Crippen molar-refractivity contribution in [3.8, 4) is 11.8 Å². The summed E-state index contributed by atoms with van der Waals surface area (Å²) in [5.41, 5.74) is 1.31. The average molecular weight is 290 g/mol. The van der Waals surface area contributed by atoms with Crippen LogP contribution in [0.15, 0.2) is 48.5 Å². The molecular formula is C17H13F3O. The molecule has 2 rings (SSSR count). The largest absolute Gasteiger partial charge is 0.416 e. The molecular weight excluding hydrogens is 277 g/mol. The lowest BCUT2D eigenvalue weighted by atomic mass is 10.0. The Morgan fingerprint density at radius 1 is 1.00 bits per heavy atom. The summed E-state index contributed by atoms with van der Waals surface area (Å²) >= 11 is 0. The second-order valence-electron chi connectivity index (χ2n) is 4.60. The van der Waals surface area contributed by atoms with Crippen molar-refractivity contribution in [3.63, 3.8) is 0 Å². The summed E-state index contributed by atoms with van der Waals surface area (Å²) in [4.78, 5) is 0. The Hall–Kier alpha value is -2.25. The van der Waals surface area contributed by atoms with Gasteiger partial charge in [0.25, 0.3) is 0 Å². The summed E-state index contributed by atoms with van der Waals surface area (Å²) in [5, 5.41) is 9.99. The molecule has 1 unspecified atom stereocenters. The fraction of sp³-hybridized carbons (Fsp3) is 0.176. The lowest BCUT2D eigenvalue weighted by Gasteiger charge is -2.07. The van der Waals surface area contributed by atoms with Gasteiger partial charge in [-0.15, -0.1) is 0 Å². The van der Waals surface area contributed by atoms with Gasteiger partial charge in [0.05, 0.1) is 5.56 Å². The van der Waals surface area contributed by atoms with Gasteiger partial charge in [-0.1, -0.05) is 36.1 Å². The first-order valence-electron chi connectivity index (χ1n) is 6.30. The fourth-order valence-electron chi connectivity index (χ4n) is 1.87. The number of alkyl halides is 3. The van der Waals surface area contributed by atoms with E-state index in [1.807, 2.05) is 19.1 Å². The summed E-state index contributed by atoms with van der Waals surface area (Å²) in [6, 6.07) is 11.8. The number of halogens is 3. The van der Waals surface area contributed by atoms with Crippen molar-refractivity contribution in [2.24, 2.45) is 0 Å². The smallest absolute Gasteiger partial charge is 0.376 e. The molecule has 108 valence electrons. The molecule has 4 heteroatoms. The SMILES string of the molecule is Cc1ccccc1C(O)C#Cc1ccc(C(F)(F)F)cc1. The first kappa shape index (κ1) is 15.1. The molecule has 0 saturated heterocycles. The minimum absolute atomic E-state index is 0.427. The van der Waals surface area contributed by atoms with E-state index in [9.17, 15) is 18.3 Å². The lowest BCUT2D eigenvalue weighted by Crippen LogP contribution is -2.04. The number of hydrogen-bond acceptors (Lipinski definition) is 1. The van der Waals surface area contributed by atoms with E-state index < -0.39 is 17.8 Å². The van der Waals surface area contributed by atoms with Crippen molar-refractivity contribution in [3.05, 3.63) is 70.8 Å². The van der Waals surface area contributed by atoms with E-state index in [4.69, 9.17) is 0 Å². The molecule has 1 atom stereocenters. The summed E-state index contributed by atoms with van der Waals surface area (Å²) in [5.74, 6) is 5.32. The van der Waals surface area contributed by atoms with Gasteiger partial charge in [0.2, 0.25) is 0 Å². The van der Waals surface area contributed by atoms with Gasteiger partial charge in [-0.2, -0.15) is 13.2 Å². The van der Waals surface area contributed by atoms with Gasteiger partial charge in [0.15, 0.2) is 0 Å². The van der Waals surface area contributed by atoms with E-state index in [1.54, 1.807) is 12.1 Å². The van der Waals surface area contributed by atoms with Crippen molar-refractivity contribution in [2.45, 2.75) is 19.2 Å². The van der Waals surface area contributed by atoms with Crippen molar-refractivity contribution in [1.82, 2.24) is 0 Å². The molecule has 21 heavy (non-hydrogen) atoms. The molecule has 2 aromatic rings. The van der Waals surface area contributed by atoms with Gasteiger partial charge in [-0.25, -0.2) is 0 Å². The minimum Gasteiger partial charge on any atom is -0.376 e. The van der Waals surface area contributed by atoms with Gasteiger partial charge < -0.3 is 5.11 Å². The first-order valence-corrected chi connectivity index (χ1v) is 6.30. The van der Waals surface area contributed by atoms with Crippen LogP contribution in [0.3, 0.4) is 0 Å². The van der Waals surface area contributed by atoms with Crippen LogP contribution in [0.5, 0.6) is 0 Å². The average Bonchev–Trinajstić information content (AvgIpc) is 2.45. The number of aliphatic hydroxyl groups excluding tert-OH is 1. The second kappa shape index (κ2) is 6.02. The summed E-state index contributed by atoms with van der Waals surface area (Å²) in [7, 11) is 0. The van der Waals surface area contributed by atoms with Crippen molar-refractivity contribution in [1.29, 1.82) is 0 Å². The molecule has 0 aliphatic carbocycles. The van der Waals surface area contributed by atoms with Gasteiger partial charge >= 0.3 is 6.18 Å². The highest BCUT2D eigenvalue weighted by molar-refractivity contribution is 5.40. The van der Waals surface area contributed by atoms with E-state index >= 15 is 0 Å². The van der Waals surface area contributed by atoms with Gasteiger partial charge in [0, 0.05) is 5.56 Å². The monoisotopic (exact) mass is 290 g/mol. The Morgan fingerprint density at radius 2 is 1.62 bits per heavy atom. The van der Waals surface area contributed by atoms with Crippen LogP contribution in [0, 0.1) is 18.8 Å². The van der Waals surface area contributed by atoms with Gasteiger partial charge in [-0.3, -0.25) is 0 Å². The minimum atomic E-state index is -4.35. The van der Waals surface area contributed by atoms with E-state index in [2.05, 4.69) is 11.8 Å². The van der Waals surface area contributed by atoms with Crippen LogP contribution in [0.4, 0.5) is 13.2 Å². The second-order valence-corrected chi connectivity index (χ2v) is 4.60. The Balaban J connectivity index is 2.18. The van der Waals surface area contributed by atoms with Crippen molar-refractivity contribution >= 4 is 0 Å². The van der Waals surface area contributed by atoms with Crippen LogP contribution < -0.4 is 0 Å². The number of rotatable bonds is 1. The molecule has 2 aromatic carbocycles. The fourth-order valence-corrected chi connectivity index (χ4v) is 1.87. The maximum absolute atomic E-state index is 12.4. The zero-order valence-electron chi connectivity index (χ0n) is 11.3. The predicted molar refractivity (Wildman–Crippen MR) is 74.5 cm³/mol. The number of benzene rings is 2. The van der Waals surface area contributed by atoms with Gasteiger partial charge in [-0.05, 0) is 42.3 Å². The number of aliphatic hydroxyl groups is 1. The maximum atomic E-state index is 12.4. The van der Waals surface area contributed by atoms with Gasteiger partial charge in [0.1, 0.15) is 6.10 Å². The van der Waals surface area contributed by atoms with E-state index in [-0.39, 0.29) is 0 Å². The lowest BCUT2D eigenvalue weighted by molar-refractivity contribution is -0.137. The Bertz CT molecular complexity index is 676. The molecule has 1 N–H and O–H groups in total. The van der Waals surface area contributed by atoms with Crippen LogP contribution in [-0.2, 0) is 6.18 Å². The third kappa shape index (κ3) is 3.87. The third-order valence-corrected chi connectivity index (χ3v) is 3.05. The molecule has 0 amide bonds. The van der Waals surface area contributed by atoms with Crippen LogP contribution >= 0.6 is 0 Å². The first-order chi connectivity index (χ1) is 9.88. The third-order valence-electron chi connectivity index (χ3n) is 3.05. The summed E-state index contributed by atoms with van der Waals surface area (Å²) in [6.07, 6.45) is -5.32. The zero-order valence-corrected chi connectivity index (χ0v) is 11.3. The molecule has 0 aromatic heterocycles. The maximum Gasteiger partial charge on any atom is 0.416 e. The normalized spacial score (nSPS) is 12.4. The highest BCUT2D eigenvalue weighted by Gasteiger charge is 2.29. The topological polar surface area (TPSA) is 20.2 Å². The molecule has 0 saturated carbocycles. The Morgan fingerprint density at radius 3 is 2.19 bits per heavy atom. The molecule has 0 radical (unpaired) electrons. The van der Waals surface area contributed by atoms with Crippen LogP contribution in [-0.4, -0.2) is 5.11 Å². The molecule has 0 heterocycles. The summed E-state index contributed by atoms with van der Waals surface area (Å²) in [6.45, 7) is 1.86. The number of hydrogen-bond donors (Lipinski definition) is 1. The van der Waals surface area contributed by atoms with Crippen molar-refractivity contribution < 1.29 is 18.3 Å². The molecule has 1 nitrogen and oxygen atoms in total. The zero-order chi connectivity index (χ0) is 15.5. The standard InChI is InChI=1S/C17H13F3O/c1-12-4-2-3-5-15(12)16(21)11-8-13-6-9-14(10-7-13)17(18,19)20/h2-7,9-10,16,21H,1H3. The van der Waals surface area contributed by atoms with Crippen LogP contribution in [0.25, 0.3) is 0 Å². The quantitative estimate of drug-likeness (QED) is 0.784. The summed E-state index contributed by atoms with van der Waals surface area (Å²) < 4.78 is 37.3. The van der Waals surface area contributed by atoms with E-state index in [0.29, 0.717) is 11.1 Å².